The van der Waals surface area contributed by atoms with Crippen molar-refractivity contribution in [3.63, 3.8) is 0 Å². The van der Waals surface area contributed by atoms with E-state index in [1.165, 1.54) is 61.0 Å². The number of carbonyl (C=O) groups is 2. The van der Waals surface area contributed by atoms with E-state index in [0.717, 1.165) is 0 Å². The molecule has 0 spiro atoms. The SMILES string of the molecule is Cc1ccncc1[C@@H]1CCCN1C.Cc1ccncc1[C@@H]1CCCN1C.O=C(O)CC(O)C(=O)O. The van der Waals surface area contributed by atoms with Crippen molar-refractivity contribution in [2.45, 2.75) is 64.1 Å². The van der Waals surface area contributed by atoms with Gasteiger partial charge < -0.3 is 15.3 Å². The maximum Gasteiger partial charge on any atom is 0.333 e. The molecular weight excluding hydrogens is 448 g/mol. The summed E-state index contributed by atoms with van der Waals surface area (Å²) in [4.78, 5) is 32.6. The van der Waals surface area contributed by atoms with Crippen molar-refractivity contribution in [1.29, 1.82) is 0 Å². The van der Waals surface area contributed by atoms with Gasteiger partial charge >= 0.3 is 11.9 Å². The lowest BCUT2D eigenvalue weighted by Crippen LogP contribution is -2.22. The van der Waals surface area contributed by atoms with E-state index in [2.05, 4.69) is 59.8 Å². The van der Waals surface area contributed by atoms with E-state index in [0.29, 0.717) is 12.1 Å². The molecule has 3 N–H and O–H groups in total. The molecule has 4 rings (SSSR count). The highest BCUT2D eigenvalue weighted by Crippen LogP contribution is 2.32. The van der Waals surface area contributed by atoms with E-state index in [1.807, 2.05) is 24.8 Å². The second-order valence-electron chi connectivity index (χ2n) is 9.19. The number of hydrogen-bond donors (Lipinski definition) is 3. The zero-order valence-electron chi connectivity index (χ0n) is 21.1. The molecular formula is C26H38N4O5. The van der Waals surface area contributed by atoms with E-state index < -0.39 is 24.5 Å². The summed E-state index contributed by atoms with van der Waals surface area (Å²) in [5, 5.41) is 24.1. The van der Waals surface area contributed by atoms with Crippen LogP contribution in [0.3, 0.4) is 0 Å². The van der Waals surface area contributed by atoms with Gasteiger partial charge in [0.1, 0.15) is 0 Å². The zero-order chi connectivity index (χ0) is 26.0. The third kappa shape index (κ3) is 8.69. The molecule has 0 saturated carbocycles. The molecule has 3 atom stereocenters. The quantitative estimate of drug-likeness (QED) is 0.584. The van der Waals surface area contributed by atoms with E-state index in [4.69, 9.17) is 15.3 Å². The van der Waals surface area contributed by atoms with Crippen molar-refractivity contribution in [1.82, 2.24) is 19.8 Å². The van der Waals surface area contributed by atoms with Crippen LogP contribution in [0.2, 0.25) is 0 Å². The normalized spacial score (nSPS) is 20.8. The smallest absolute Gasteiger partial charge is 0.333 e. The molecule has 4 heterocycles. The molecule has 9 heteroatoms. The molecule has 0 aliphatic carbocycles. The summed E-state index contributed by atoms with van der Waals surface area (Å²) in [6.45, 7) is 6.78. The number of pyridine rings is 2. The Hall–Kier alpha value is -2.88. The van der Waals surface area contributed by atoms with Gasteiger partial charge in [-0.25, -0.2) is 4.79 Å². The maximum atomic E-state index is 9.72. The van der Waals surface area contributed by atoms with Crippen LogP contribution in [0.4, 0.5) is 0 Å². The van der Waals surface area contributed by atoms with Gasteiger partial charge in [-0.3, -0.25) is 24.6 Å². The van der Waals surface area contributed by atoms with Gasteiger partial charge in [0.05, 0.1) is 6.42 Å². The second-order valence-corrected chi connectivity index (χ2v) is 9.19. The molecule has 2 aliphatic rings. The number of aryl methyl sites for hydroxylation is 2. The van der Waals surface area contributed by atoms with Gasteiger partial charge in [0.15, 0.2) is 6.10 Å². The van der Waals surface area contributed by atoms with Gasteiger partial charge in [-0.2, -0.15) is 0 Å². The van der Waals surface area contributed by atoms with Crippen molar-refractivity contribution in [2.24, 2.45) is 0 Å². The topological polar surface area (TPSA) is 127 Å². The van der Waals surface area contributed by atoms with E-state index in [9.17, 15) is 9.59 Å². The van der Waals surface area contributed by atoms with Crippen LogP contribution in [0.25, 0.3) is 0 Å². The summed E-state index contributed by atoms with van der Waals surface area (Å²) in [6.07, 6.45) is 10.4. The lowest BCUT2D eigenvalue weighted by Gasteiger charge is -2.20. The Morgan fingerprint density at radius 2 is 1.34 bits per heavy atom. The van der Waals surface area contributed by atoms with Crippen molar-refractivity contribution >= 4 is 11.9 Å². The average Bonchev–Trinajstić information content (AvgIpc) is 3.43. The van der Waals surface area contributed by atoms with Crippen LogP contribution in [0.5, 0.6) is 0 Å². The summed E-state index contributed by atoms with van der Waals surface area (Å²) >= 11 is 0. The van der Waals surface area contributed by atoms with Crippen molar-refractivity contribution in [3.05, 3.63) is 59.2 Å². The summed E-state index contributed by atoms with van der Waals surface area (Å²) < 4.78 is 0. The number of hydrogen-bond acceptors (Lipinski definition) is 7. The number of aliphatic hydroxyl groups excluding tert-OH is 1. The molecule has 0 amide bonds. The van der Waals surface area contributed by atoms with Gasteiger partial charge in [0.25, 0.3) is 0 Å². The predicted octanol–water partition coefficient (Wildman–Crippen LogP) is 3.22. The highest BCUT2D eigenvalue weighted by molar-refractivity contribution is 5.79. The van der Waals surface area contributed by atoms with Crippen molar-refractivity contribution in [2.75, 3.05) is 27.2 Å². The first-order valence-electron chi connectivity index (χ1n) is 12.0. The van der Waals surface area contributed by atoms with Crippen molar-refractivity contribution in [3.8, 4) is 0 Å². The number of aromatic nitrogens is 2. The van der Waals surface area contributed by atoms with Crippen LogP contribution in [0.15, 0.2) is 36.9 Å². The summed E-state index contributed by atoms with van der Waals surface area (Å²) in [6, 6.07) is 5.41. The van der Waals surface area contributed by atoms with Crippen LogP contribution < -0.4 is 0 Å². The first kappa shape index (κ1) is 28.4. The molecule has 0 radical (unpaired) electrons. The lowest BCUT2D eigenvalue weighted by atomic mass is 10.0. The zero-order valence-corrected chi connectivity index (χ0v) is 21.1. The van der Waals surface area contributed by atoms with Crippen molar-refractivity contribution < 1.29 is 24.9 Å². The highest BCUT2D eigenvalue weighted by Gasteiger charge is 2.24. The molecule has 2 fully saturated rings. The number of aliphatic hydroxyl groups is 1. The van der Waals surface area contributed by atoms with E-state index in [1.54, 1.807) is 0 Å². The average molecular weight is 487 g/mol. The summed E-state index contributed by atoms with van der Waals surface area (Å²) in [5.74, 6) is -2.85. The fourth-order valence-electron chi connectivity index (χ4n) is 4.51. The summed E-state index contributed by atoms with van der Waals surface area (Å²) in [7, 11) is 4.40. The fourth-order valence-corrected chi connectivity index (χ4v) is 4.51. The minimum absolute atomic E-state index is 0.605. The third-order valence-corrected chi connectivity index (χ3v) is 6.57. The maximum absolute atomic E-state index is 9.72. The molecule has 1 unspecified atom stereocenters. The van der Waals surface area contributed by atoms with Crippen LogP contribution in [0, 0.1) is 13.8 Å². The standard InChI is InChI=1S/2C11H16N2.C4H6O5/c2*1-9-5-6-12-8-10(9)11-4-3-7-13(11)2;5-2(4(8)9)1-3(6)7/h2*5-6,8,11H,3-4,7H2,1-2H3;2,5H,1H2,(H,6,7)(H,8,9)/t2*11-;/m00./s1. The van der Waals surface area contributed by atoms with Gasteiger partial charge in [-0.05, 0) is 101 Å². The van der Waals surface area contributed by atoms with Crippen LogP contribution >= 0.6 is 0 Å². The third-order valence-electron chi connectivity index (χ3n) is 6.57. The number of aliphatic carboxylic acids is 2. The summed E-state index contributed by atoms with van der Waals surface area (Å²) in [5.41, 5.74) is 5.55. The Bertz CT molecular complexity index is 909. The van der Waals surface area contributed by atoms with Gasteiger partial charge in [0, 0.05) is 36.9 Å². The first-order valence-corrected chi connectivity index (χ1v) is 12.0. The minimum atomic E-state index is -1.79. The number of rotatable bonds is 5. The van der Waals surface area contributed by atoms with Crippen LogP contribution in [-0.4, -0.2) is 80.3 Å². The molecule has 0 bridgehead atoms. The van der Waals surface area contributed by atoms with E-state index in [-0.39, 0.29) is 0 Å². The molecule has 192 valence electrons. The van der Waals surface area contributed by atoms with Gasteiger partial charge in [-0.1, -0.05) is 0 Å². The monoisotopic (exact) mass is 486 g/mol. The molecule has 2 aromatic rings. The molecule has 2 saturated heterocycles. The Labute approximate surface area is 207 Å². The minimum Gasteiger partial charge on any atom is -0.481 e. The predicted molar refractivity (Wildman–Crippen MR) is 133 cm³/mol. The van der Waals surface area contributed by atoms with Gasteiger partial charge in [-0.15, -0.1) is 0 Å². The largest absolute Gasteiger partial charge is 0.481 e. The number of likely N-dealkylation sites (tertiary alicyclic amines) is 2. The first-order chi connectivity index (χ1) is 16.6. The van der Waals surface area contributed by atoms with E-state index >= 15 is 0 Å². The van der Waals surface area contributed by atoms with Crippen LogP contribution in [0.1, 0.15) is 66.4 Å². The molecule has 9 nitrogen and oxygen atoms in total. The second kappa shape index (κ2) is 13.9. The number of carboxylic acid groups (broad SMARTS) is 2. The van der Waals surface area contributed by atoms with Gasteiger partial charge in [0.2, 0.25) is 0 Å². The Morgan fingerprint density at radius 3 is 1.60 bits per heavy atom. The molecule has 2 aliphatic heterocycles. The Morgan fingerprint density at radius 1 is 0.914 bits per heavy atom. The Balaban J connectivity index is 0.000000190. The Kier molecular flexibility index (Phi) is 11.2. The number of nitrogens with zero attached hydrogens (tertiary/aromatic N) is 4. The molecule has 2 aromatic heterocycles. The number of carboxylic acids is 2. The highest BCUT2D eigenvalue weighted by atomic mass is 16.4. The molecule has 0 aromatic carbocycles. The van der Waals surface area contributed by atoms with Crippen LogP contribution in [-0.2, 0) is 9.59 Å². The fraction of sp³-hybridized carbons (Fsp3) is 0.538. The lowest BCUT2D eigenvalue weighted by molar-refractivity contribution is -0.152. The molecule has 35 heavy (non-hydrogen) atoms.